The molecule has 1 aliphatic rings. The minimum Gasteiger partial charge on any atom is -0.495 e. The Bertz CT molecular complexity index is 1370. The lowest BCUT2D eigenvalue weighted by atomic mass is 9.96. The molecule has 1 amide bonds. The second kappa shape index (κ2) is 9.62. The van der Waals surface area contributed by atoms with Gasteiger partial charge >= 0.3 is 0 Å². The zero-order chi connectivity index (χ0) is 23.7. The highest BCUT2D eigenvalue weighted by Gasteiger charge is 2.25. The molecule has 7 nitrogen and oxygen atoms in total. The van der Waals surface area contributed by atoms with Crippen molar-refractivity contribution in [3.63, 3.8) is 0 Å². The average molecular weight is 479 g/mol. The normalized spacial score (nSPS) is 13.9. The first kappa shape index (κ1) is 22.7. The molecule has 1 aliphatic heterocycles. The van der Waals surface area contributed by atoms with Crippen molar-refractivity contribution in [1.82, 2.24) is 20.2 Å². The summed E-state index contributed by atoms with van der Waals surface area (Å²) >= 11 is 6.38. The number of rotatable bonds is 7. The van der Waals surface area contributed by atoms with E-state index in [-0.39, 0.29) is 25.6 Å². The number of aliphatic hydroxyl groups excluding tert-OH is 1. The van der Waals surface area contributed by atoms with Crippen LogP contribution in [0.2, 0.25) is 5.02 Å². The van der Waals surface area contributed by atoms with Gasteiger partial charge in [0.15, 0.2) is 0 Å². The third kappa shape index (κ3) is 4.34. The molecule has 0 spiro atoms. The van der Waals surface area contributed by atoms with Crippen molar-refractivity contribution in [2.24, 2.45) is 0 Å². The fourth-order valence-electron chi connectivity index (χ4n) is 4.79. The van der Waals surface area contributed by atoms with Crippen LogP contribution in [0.5, 0.6) is 5.75 Å². The summed E-state index contributed by atoms with van der Waals surface area (Å²) in [5.74, 6) is 0.563. The molecule has 0 saturated carbocycles. The number of nitrogens with zero attached hydrogens (tertiary/aromatic N) is 2. The molecule has 3 N–H and O–H groups in total. The molecule has 5 rings (SSSR count). The van der Waals surface area contributed by atoms with Gasteiger partial charge in [-0.3, -0.25) is 14.7 Å². The molecule has 2 aromatic carbocycles. The number of benzene rings is 2. The number of fused-ring (bicyclic) bond motifs is 5. The van der Waals surface area contributed by atoms with E-state index in [1.54, 1.807) is 7.11 Å². The zero-order valence-electron chi connectivity index (χ0n) is 19.0. The van der Waals surface area contributed by atoms with Gasteiger partial charge in [0.05, 0.1) is 42.2 Å². The third-order valence-electron chi connectivity index (χ3n) is 6.36. The Hall–Kier alpha value is -3.13. The first-order valence-corrected chi connectivity index (χ1v) is 11.8. The topological polar surface area (TPSA) is 90.5 Å². The summed E-state index contributed by atoms with van der Waals surface area (Å²) in [5, 5.41) is 14.7. The number of aliphatic hydroxyl groups is 1. The van der Waals surface area contributed by atoms with E-state index in [0.29, 0.717) is 23.7 Å². The maximum absolute atomic E-state index is 12.2. The molecule has 0 aliphatic carbocycles. The van der Waals surface area contributed by atoms with Gasteiger partial charge in [-0.2, -0.15) is 0 Å². The molecule has 34 heavy (non-hydrogen) atoms. The fraction of sp³-hybridized carbons (Fsp3) is 0.308. The Labute approximate surface area is 202 Å². The van der Waals surface area contributed by atoms with E-state index in [0.717, 1.165) is 41.0 Å². The number of H-pyrrole nitrogens is 1. The van der Waals surface area contributed by atoms with Crippen molar-refractivity contribution in [3.05, 3.63) is 70.0 Å². The summed E-state index contributed by atoms with van der Waals surface area (Å²) in [6.45, 7) is 1.88. The van der Waals surface area contributed by atoms with Crippen LogP contribution in [0, 0.1) is 0 Å². The Morgan fingerprint density at radius 3 is 2.94 bits per heavy atom. The Balaban J connectivity index is 1.55. The molecular formula is C26H27ClN4O3. The number of hydrogen-bond acceptors (Lipinski definition) is 5. The number of amides is 1. The Morgan fingerprint density at radius 2 is 2.15 bits per heavy atom. The predicted octanol–water partition coefficient (Wildman–Crippen LogP) is 3.44. The Morgan fingerprint density at radius 1 is 1.29 bits per heavy atom. The standard InChI is InChI=1S/C26H27ClN4O3/c1-34-23-7-6-16(12-19(23)27)13-21-26-25(17-4-2-3-5-20(17)30-26)18-8-10-31(14-22(18)29-21)15-24(33)28-9-11-32/h2-7,12,30,32H,8-11,13-15H2,1H3,(H,28,33). The lowest BCUT2D eigenvalue weighted by Gasteiger charge is -2.28. The lowest BCUT2D eigenvalue weighted by Crippen LogP contribution is -2.41. The number of carbonyl (C=O) groups excluding carboxylic acids is 1. The molecule has 176 valence electrons. The first-order chi connectivity index (χ1) is 16.6. The second-order valence-corrected chi connectivity index (χ2v) is 8.99. The molecule has 2 aromatic heterocycles. The van der Waals surface area contributed by atoms with Gasteiger partial charge in [0.1, 0.15) is 5.75 Å². The zero-order valence-corrected chi connectivity index (χ0v) is 19.8. The van der Waals surface area contributed by atoms with Crippen LogP contribution in [0.25, 0.3) is 21.8 Å². The number of halogens is 1. The van der Waals surface area contributed by atoms with Crippen molar-refractivity contribution >= 4 is 39.3 Å². The number of para-hydroxylation sites is 1. The number of aromatic amines is 1. The SMILES string of the molecule is COc1ccc(Cc2nc3c(c4c2[nH]c2ccccc24)CCN(CC(=O)NCCO)C3)cc1Cl. The van der Waals surface area contributed by atoms with Gasteiger partial charge in [-0.25, -0.2) is 0 Å². The summed E-state index contributed by atoms with van der Waals surface area (Å²) < 4.78 is 5.30. The maximum Gasteiger partial charge on any atom is 0.234 e. The number of ether oxygens (including phenoxy) is 1. The highest BCUT2D eigenvalue weighted by Crippen LogP contribution is 2.35. The Kier molecular flexibility index (Phi) is 6.41. The van der Waals surface area contributed by atoms with Crippen molar-refractivity contribution in [2.45, 2.75) is 19.4 Å². The monoisotopic (exact) mass is 478 g/mol. The number of carbonyl (C=O) groups is 1. The minimum absolute atomic E-state index is 0.0621. The molecule has 4 aromatic rings. The lowest BCUT2D eigenvalue weighted by molar-refractivity contribution is -0.122. The van der Waals surface area contributed by atoms with E-state index in [4.69, 9.17) is 26.4 Å². The highest BCUT2D eigenvalue weighted by molar-refractivity contribution is 6.32. The molecule has 0 unspecified atom stereocenters. The molecule has 0 saturated heterocycles. The van der Waals surface area contributed by atoms with Gasteiger partial charge in [-0.1, -0.05) is 35.9 Å². The number of methoxy groups -OCH3 is 1. The summed E-state index contributed by atoms with van der Waals surface area (Å²) in [6.07, 6.45) is 1.44. The van der Waals surface area contributed by atoms with Crippen molar-refractivity contribution in [1.29, 1.82) is 0 Å². The molecular weight excluding hydrogens is 452 g/mol. The van der Waals surface area contributed by atoms with Crippen LogP contribution in [-0.2, 0) is 24.2 Å². The third-order valence-corrected chi connectivity index (χ3v) is 6.65. The van der Waals surface area contributed by atoms with Crippen LogP contribution in [0.1, 0.15) is 22.5 Å². The van der Waals surface area contributed by atoms with E-state index < -0.39 is 0 Å². The number of pyridine rings is 1. The largest absolute Gasteiger partial charge is 0.495 e. The van der Waals surface area contributed by atoms with Crippen LogP contribution in [0.3, 0.4) is 0 Å². The summed E-state index contributed by atoms with van der Waals surface area (Å²) in [4.78, 5) is 23.0. The first-order valence-electron chi connectivity index (χ1n) is 11.4. The summed E-state index contributed by atoms with van der Waals surface area (Å²) in [5.41, 5.74) is 6.41. The molecule has 8 heteroatoms. The van der Waals surface area contributed by atoms with Gasteiger partial charge in [-0.05, 0) is 35.7 Å². The van der Waals surface area contributed by atoms with E-state index >= 15 is 0 Å². The average Bonchev–Trinajstić information content (AvgIpc) is 3.23. The van der Waals surface area contributed by atoms with Crippen LogP contribution in [-0.4, -0.2) is 59.2 Å². The summed E-state index contributed by atoms with van der Waals surface area (Å²) in [6, 6.07) is 14.2. The second-order valence-electron chi connectivity index (χ2n) is 8.58. The van der Waals surface area contributed by atoms with Crippen LogP contribution >= 0.6 is 11.6 Å². The smallest absolute Gasteiger partial charge is 0.234 e. The number of aromatic nitrogens is 2. The predicted molar refractivity (Wildman–Crippen MR) is 133 cm³/mol. The van der Waals surface area contributed by atoms with Gasteiger partial charge in [-0.15, -0.1) is 0 Å². The molecule has 0 bridgehead atoms. The highest BCUT2D eigenvalue weighted by atomic mass is 35.5. The van der Waals surface area contributed by atoms with Crippen molar-refractivity contribution in [2.75, 3.05) is 33.4 Å². The van der Waals surface area contributed by atoms with Crippen LogP contribution in [0.15, 0.2) is 42.5 Å². The van der Waals surface area contributed by atoms with Gasteiger partial charge in [0.25, 0.3) is 0 Å². The maximum atomic E-state index is 12.2. The van der Waals surface area contributed by atoms with E-state index in [2.05, 4.69) is 33.4 Å². The van der Waals surface area contributed by atoms with Gasteiger partial charge in [0.2, 0.25) is 5.91 Å². The van der Waals surface area contributed by atoms with E-state index in [1.165, 1.54) is 16.3 Å². The molecule has 0 radical (unpaired) electrons. The van der Waals surface area contributed by atoms with Gasteiger partial charge in [0, 0.05) is 42.3 Å². The van der Waals surface area contributed by atoms with E-state index in [1.807, 2.05) is 24.3 Å². The van der Waals surface area contributed by atoms with Crippen molar-refractivity contribution < 1.29 is 14.6 Å². The van der Waals surface area contributed by atoms with E-state index in [9.17, 15) is 4.79 Å². The molecule has 0 fully saturated rings. The quantitative estimate of drug-likeness (QED) is 0.378. The molecule has 0 atom stereocenters. The van der Waals surface area contributed by atoms with Crippen LogP contribution < -0.4 is 10.1 Å². The van der Waals surface area contributed by atoms with Gasteiger partial charge < -0.3 is 20.1 Å². The van der Waals surface area contributed by atoms with Crippen LogP contribution in [0.4, 0.5) is 0 Å². The fourth-order valence-corrected chi connectivity index (χ4v) is 5.07. The number of nitrogens with one attached hydrogen (secondary N) is 2. The molecule has 3 heterocycles. The minimum atomic E-state index is -0.0845. The van der Waals surface area contributed by atoms with Crippen molar-refractivity contribution in [3.8, 4) is 5.75 Å². The summed E-state index contributed by atoms with van der Waals surface area (Å²) in [7, 11) is 1.61. The number of hydrogen-bond donors (Lipinski definition) is 3.